The van der Waals surface area contributed by atoms with Gasteiger partial charge in [0.15, 0.2) is 0 Å². The number of halogens is 2. The molecule has 60 valence electrons. The Morgan fingerprint density at radius 1 is 1.60 bits per heavy atom. The molecule has 0 aliphatic carbocycles. The second-order valence-electron chi connectivity index (χ2n) is 1.48. The molecule has 10 heavy (non-hydrogen) atoms. The molecule has 0 rings (SSSR count). The van der Waals surface area contributed by atoms with Gasteiger partial charge in [-0.05, 0) is 0 Å². The Bertz CT molecular complexity index is 105. The van der Waals surface area contributed by atoms with Gasteiger partial charge in [0, 0.05) is 6.42 Å². The normalized spacial score (nSPS) is 9.60. The van der Waals surface area contributed by atoms with Gasteiger partial charge >= 0.3 is 6.16 Å². The number of rotatable bonds is 3. The van der Waals surface area contributed by atoms with Crippen LogP contribution in [0.4, 0.5) is 13.6 Å². The Labute approximate surface area is 56.9 Å². The van der Waals surface area contributed by atoms with Gasteiger partial charge in [-0.15, -0.1) is 0 Å². The largest absolute Gasteiger partial charge is 0.507 e. The van der Waals surface area contributed by atoms with Gasteiger partial charge < -0.3 is 9.47 Å². The van der Waals surface area contributed by atoms with E-state index in [2.05, 4.69) is 9.47 Å². The van der Waals surface area contributed by atoms with Crippen molar-refractivity contribution in [3.8, 4) is 0 Å². The van der Waals surface area contributed by atoms with E-state index >= 15 is 0 Å². The first-order valence-corrected chi connectivity index (χ1v) is 2.65. The average molecular weight is 154 g/mol. The Balaban J connectivity index is 3.12. The van der Waals surface area contributed by atoms with E-state index in [0.717, 1.165) is 7.11 Å². The van der Waals surface area contributed by atoms with Crippen LogP contribution >= 0.6 is 0 Å². The van der Waals surface area contributed by atoms with Crippen molar-refractivity contribution < 1.29 is 23.0 Å². The Morgan fingerprint density at radius 2 is 2.20 bits per heavy atom. The molecule has 0 aromatic heterocycles. The predicted octanol–water partition coefficient (Wildman–Crippen LogP) is 1.42. The summed E-state index contributed by atoms with van der Waals surface area (Å²) in [6.07, 6.45) is -3.82. The lowest BCUT2D eigenvalue weighted by atomic mass is 10.5. The van der Waals surface area contributed by atoms with Crippen molar-refractivity contribution in [1.82, 2.24) is 0 Å². The predicted molar refractivity (Wildman–Crippen MR) is 29.0 cm³/mol. The average Bonchev–Trinajstić information content (AvgIpc) is 1.87. The second kappa shape index (κ2) is 4.96. The molecule has 0 saturated heterocycles. The highest BCUT2D eigenvalue weighted by Crippen LogP contribution is 1.98. The third-order valence-electron chi connectivity index (χ3n) is 0.723. The fraction of sp³-hybridized carbons (Fsp3) is 0.800. The van der Waals surface area contributed by atoms with E-state index in [0.29, 0.717) is 0 Å². The van der Waals surface area contributed by atoms with Crippen LogP contribution in [-0.2, 0) is 9.47 Å². The van der Waals surface area contributed by atoms with Crippen LogP contribution in [0.1, 0.15) is 6.42 Å². The fourth-order valence-corrected chi connectivity index (χ4v) is 0.290. The van der Waals surface area contributed by atoms with E-state index in [4.69, 9.17) is 0 Å². The van der Waals surface area contributed by atoms with Crippen LogP contribution in [0.25, 0.3) is 0 Å². The minimum atomic E-state index is -2.44. The van der Waals surface area contributed by atoms with Gasteiger partial charge in [-0.25, -0.2) is 13.6 Å². The minimum Gasteiger partial charge on any atom is -0.438 e. The number of carbonyl (C=O) groups is 1. The molecule has 0 aromatic carbocycles. The molecule has 0 fully saturated rings. The zero-order valence-corrected chi connectivity index (χ0v) is 5.47. The number of ether oxygens (including phenoxy) is 2. The Kier molecular flexibility index (Phi) is 4.53. The number of methoxy groups -OCH3 is 1. The molecule has 0 radical (unpaired) electrons. The molecular weight excluding hydrogens is 146 g/mol. The molecule has 3 nitrogen and oxygen atoms in total. The van der Waals surface area contributed by atoms with Crippen molar-refractivity contribution in [2.24, 2.45) is 0 Å². The van der Waals surface area contributed by atoms with Crippen LogP contribution in [0.15, 0.2) is 0 Å². The van der Waals surface area contributed by atoms with E-state index in [1.807, 2.05) is 0 Å². The lowest BCUT2D eigenvalue weighted by Crippen LogP contribution is -2.07. The van der Waals surface area contributed by atoms with Crippen molar-refractivity contribution in [2.75, 3.05) is 13.7 Å². The SMILES string of the molecule is COC(=O)OCCC(F)F. The summed E-state index contributed by atoms with van der Waals surface area (Å²) in [5.74, 6) is 0. The summed E-state index contributed by atoms with van der Waals surface area (Å²) < 4.78 is 30.9. The lowest BCUT2D eigenvalue weighted by molar-refractivity contribution is 0.0501. The maximum atomic E-state index is 11.4. The molecule has 0 atom stereocenters. The third-order valence-corrected chi connectivity index (χ3v) is 0.723. The summed E-state index contributed by atoms with van der Waals surface area (Å²) in [7, 11) is 1.12. The summed E-state index contributed by atoms with van der Waals surface area (Å²) >= 11 is 0. The maximum Gasteiger partial charge on any atom is 0.507 e. The van der Waals surface area contributed by atoms with Crippen LogP contribution in [0.2, 0.25) is 0 Å². The van der Waals surface area contributed by atoms with Crippen molar-refractivity contribution in [3.05, 3.63) is 0 Å². The van der Waals surface area contributed by atoms with Gasteiger partial charge in [0.05, 0.1) is 7.11 Å². The third kappa shape index (κ3) is 5.27. The zero-order chi connectivity index (χ0) is 7.98. The maximum absolute atomic E-state index is 11.4. The second-order valence-corrected chi connectivity index (χ2v) is 1.48. The van der Waals surface area contributed by atoms with Gasteiger partial charge in [0.2, 0.25) is 6.43 Å². The standard InChI is InChI=1S/C5H8F2O3/c1-9-5(8)10-3-2-4(6)7/h4H,2-3H2,1H3. The summed E-state index contributed by atoms with van der Waals surface area (Å²) in [5, 5.41) is 0. The van der Waals surface area contributed by atoms with Crippen LogP contribution in [0, 0.1) is 0 Å². The molecule has 0 spiro atoms. The monoisotopic (exact) mass is 154 g/mol. The summed E-state index contributed by atoms with van der Waals surface area (Å²) in [5.41, 5.74) is 0. The van der Waals surface area contributed by atoms with E-state index in [9.17, 15) is 13.6 Å². The highest BCUT2D eigenvalue weighted by Gasteiger charge is 2.04. The molecule has 5 heteroatoms. The number of hydrogen-bond acceptors (Lipinski definition) is 3. The fourth-order valence-electron chi connectivity index (χ4n) is 0.290. The molecule has 0 amide bonds. The van der Waals surface area contributed by atoms with Gasteiger partial charge in [-0.1, -0.05) is 0 Å². The highest BCUT2D eigenvalue weighted by atomic mass is 19.3. The molecule has 0 heterocycles. The van der Waals surface area contributed by atoms with Gasteiger partial charge in [-0.2, -0.15) is 0 Å². The van der Waals surface area contributed by atoms with Gasteiger partial charge in [0.25, 0.3) is 0 Å². The minimum absolute atomic E-state index is 0.301. The van der Waals surface area contributed by atoms with Crippen LogP contribution in [0.5, 0.6) is 0 Å². The number of carbonyl (C=O) groups excluding carboxylic acids is 1. The lowest BCUT2D eigenvalue weighted by Gasteiger charge is -2.00. The molecule has 0 N–H and O–H groups in total. The van der Waals surface area contributed by atoms with E-state index in [1.54, 1.807) is 0 Å². The van der Waals surface area contributed by atoms with Crippen molar-refractivity contribution >= 4 is 6.16 Å². The number of hydrogen-bond donors (Lipinski definition) is 0. The highest BCUT2D eigenvalue weighted by molar-refractivity contribution is 5.59. The van der Waals surface area contributed by atoms with Crippen molar-refractivity contribution in [2.45, 2.75) is 12.8 Å². The molecule has 0 aromatic rings. The van der Waals surface area contributed by atoms with Gasteiger partial charge in [-0.3, -0.25) is 0 Å². The molecule has 0 bridgehead atoms. The molecule has 0 unspecified atom stereocenters. The zero-order valence-electron chi connectivity index (χ0n) is 5.47. The first kappa shape index (κ1) is 9.13. The summed E-state index contributed by atoms with van der Waals surface area (Å²) in [6.45, 7) is -0.301. The van der Waals surface area contributed by atoms with Crippen LogP contribution in [-0.4, -0.2) is 26.3 Å². The van der Waals surface area contributed by atoms with E-state index < -0.39 is 19.0 Å². The summed E-state index contributed by atoms with van der Waals surface area (Å²) in [6, 6.07) is 0. The van der Waals surface area contributed by atoms with E-state index in [1.165, 1.54) is 0 Å². The summed E-state index contributed by atoms with van der Waals surface area (Å²) in [4.78, 5) is 10.1. The van der Waals surface area contributed by atoms with E-state index in [-0.39, 0.29) is 6.61 Å². The Morgan fingerprint density at radius 3 is 2.60 bits per heavy atom. The topological polar surface area (TPSA) is 35.5 Å². The molecular formula is C5H8F2O3. The van der Waals surface area contributed by atoms with Gasteiger partial charge in [0.1, 0.15) is 6.61 Å². The molecule has 0 aliphatic rings. The van der Waals surface area contributed by atoms with Crippen molar-refractivity contribution in [1.29, 1.82) is 0 Å². The van der Waals surface area contributed by atoms with Crippen molar-refractivity contribution in [3.63, 3.8) is 0 Å². The smallest absolute Gasteiger partial charge is 0.438 e. The Hall–Kier alpha value is -0.870. The first-order valence-electron chi connectivity index (χ1n) is 2.65. The van der Waals surface area contributed by atoms with Crippen LogP contribution < -0.4 is 0 Å². The molecule has 0 aliphatic heterocycles. The molecule has 0 saturated carbocycles. The van der Waals surface area contributed by atoms with Crippen LogP contribution in [0.3, 0.4) is 0 Å². The first-order chi connectivity index (χ1) is 4.66. The number of alkyl halides is 2. The quantitative estimate of drug-likeness (QED) is 0.577.